The van der Waals surface area contributed by atoms with Crippen molar-refractivity contribution in [2.45, 2.75) is 6.92 Å². The zero-order valence-electron chi connectivity index (χ0n) is 16.5. The van der Waals surface area contributed by atoms with Gasteiger partial charge in [0.2, 0.25) is 0 Å². The van der Waals surface area contributed by atoms with Gasteiger partial charge in [-0.2, -0.15) is 5.10 Å². The Morgan fingerprint density at radius 2 is 1.90 bits per heavy atom. The van der Waals surface area contributed by atoms with E-state index in [2.05, 4.69) is 15.4 Å². The van der Waals surface area contributed by atoms with Crippen LogP contribution in [0.3, 0.4) is 0 Å². The van der Waals surface area contributed by atoms with Gasteiger partial charge in [-0.05, 0) is 73.2 Å². The van der Waals surface area contributed by atoms with Crippen LogP contribution in [0.15, 0.2) is 73.1 Å². The highest BCUT2D eigenvalue weighted by molar-refractivity contribution is 6.30. The second-order valence-electron chi connectivity index (χ2n) is 6.68. The summed E-state index contributed by atoms with van der Waals surface area (Å²) in [6.07, 6.45) is 3.44. The molecule has 0 spiro atoms. The maximum atomic E-state index is 12.9. The molecule has 0 fully saturated rings. The van der Waals surface area contributed by atoms with Crippen LogP contribution >= 0.6 is 11.6 Å². The van der Waals surface area contributed by atoms with Crippen LogP contribution in [0.4, 0.5) is 5.69 Å². The molecule has 0 aliphatic carbocycles. The molecule has 6 nitrogen and oxygen atoms in total. The second kappa shape index (κ2) is 8.39. The molecule has 0 bridgehead atoms. The van der Waals surface area contributed by atoms with Crippen molar-refractivity contribution in [2.75, 3.05) is 12.4 Å². The minimum Gasteiger partial charge on any atom is -0.497 e. The number of ether oxygens (including phenoxy) is 1. The number of anilines is 1. The normalized spacial score (nSPS) is 10.6. The Morgan fingerprint density at radius 3 is 2.57 bits per heavy atom. The van der Waals surface area contributed by atoms with E-state index in [9.17, 15) is 4.79 Å². The van der Waals surface area contributed by atoms with E-state index >= 15 is 0 Å². The van der Waals surface area contributed by atoms with Gasteiger partial charge >= 0.3 is 0 Å². The summed E-state index contributed by atoms with van der Waals surface area (Å²) in [4.78, 5) is 17.1. The van der Waals surface area contributed by atoms with Gasteiger partial charge in [0, 0.05) is 28.7 Å². The molecule has 30 heavy (non-hydrogen) atoms. The fourth-order valence-electron chi connectivity index (χ4n) is 3.09. The maximum absolute atomic E-state index is 12.9. The smallest absolute Gasteiger partial charge is 0.276 e. The van der Waals surface area contributed by atoms with Crippen LogP contribution in [-0.2, 0) is 0 Å². The fraction of sp³-hybridized carbons (Fsp3) is 0.0870. The molecule has 0 saturated carbocycles. The molecule has 0 radical (unpaired) electrons. The molecule has 0 saturated heterocycles. The van der Waals surface area contributed by atoms with Gasteiger partial charge in [0.05, 0.1) is 18.5 Å². The minimum absolute atomic E-state index is 0.291. The molecule has 0 atom stereocenters. The van der Waals surface area contributed by atoms with E-state index in [1.54, 1.807) is 48.5 Å². The molecule has 2 aromatic heterocycles. The number of hydrogen-bond donors (Lipinski definition) is 1. The maximum Gasteiger partial charge on any atom is 0.276 e. The first-order valence-corrected chi connectivity index (χ1v) is 9.65. The lowest BCUT2D eigenvalue weighted by atomic mass is 10.1. The van der Waals surface area contributed by atoms with Crippen LogP contribution in [-0.4, -0.2) is 27.8 Å². The van der Waals surface area contributed by atoms with Crippen molar-refractivity contribution >= 4 is 23.2 Å². The number of rotatable bonds is 5. The molecule has 1 N–H and O–H groups in total. The summed E-state index contributed by atoms with van der Waals surface area (Å²) in [5.41, 5.74) is 4.26. The predicted molar refractivity (Wildman–Crippen MR) is 117 cm³/mol. The summed E-state index contributed by atoms with van der Waals surface area (Å²) < 4.78 is 6.96. The standard InChI is InChI=1S/C23H19ClN4O2/c1-15-12-17(24)5-10-20(15)26-23(29)21-13-22(16-4-3-11-25-14-16)28(27-21)18-6-8-19(30-2)9-7-18/h3-14H,1-2H3,(H,26,29). The van der Waals surface area contributed by atoms with Crippen LogP contribution in [0.5, 0.6) is 5.75 Å². The highest BCUT2D eigenvalue weighted by Crippen LogP contribution is 2.26. The van der Waals surface area contributed by atoms with Crippen molar-refractivity contribution in [2.24, 2.45) is 0 Å². The van der Waals surface area contributed by atoms with Gasteiger partial charge in [0.15, 0.2) is 5.69 Å². The third-order valence-corrected chi connectivity index (χ3v) is 4.89. The zero-order valence-corrected chi connectivity index (χ0v) is 17.2. The van der Waals surface area contributed by atoms with E-state index in [1.165, 1.54) is 0 Å². The Labute approximate surface area is 179 Å². The number of nitrogens with zero attached hydrogens (tertiary/aromatic N) is 3. The molecular formula is C23H19ClN4O2. The SMILES string of the molecule is COc1ccc(-n2nc(C(=O)Nc3ccc(Cl)cc3C)cc2-c2cccnc2)cc1. The Hall–Kier alpha value is -3.64. The van der Waals surface area contributed by atoms with Gasteiger partial charge in [-0.25, -0.2) is 4.68 Å². The van der Waals surface area contributed by atoms with E-state index in [-0.39, 0.29) is 5.91 Å². The minimum atomic E-state index is -0.308. The van der Waals surface area contributed by atoms with Gasteiger partial charge < -0.3 is 10.1 Å². The molecular weight excluding hydrogens is 400 g/mol. The summed E-state index contributed by atoms with van der Waals surface area (Å²) in [5, 5.41) is 8.09. The molecule has 2 aromatic carbocycles. The van der Waals surface area contributed by atoms with E-state index in [4.69, 9.17) is 16.3 Å². The summed E-state index contributed by atoms with van der Waals surface area (Å²) in [6.45, 7) is 1.89. The lowest BCUT2D eigenvalue weighted by molar-refractivity contribution is 0.102. The first-order valence-electron chi connectivity index (χ1n) is 9.27. The Balaban J connectivity index is 1.73. The third-order valence-electron chi connectivity index (χ3n) is 4.65. The molecule has 7 heteroatoms. The summed E-state index contributed by atoms with van der Waals surface area (Å²) >= 11 is 6.01. The average Bonchev–Trinajstić information content (AvgIpc) is 3.22. The quantitative estimate of drug-likeness (QED) is 0.486. The van der Waals surface area contributed by atoms with Crippen molar-refractivity contribution in [1.29, 1.82) is 0 Å². The van der Waals surface area contributed by atoms with Crippen molar-refractivity contribution in [3.8, 4) is 22.7 Å². The van der Waals surface area contributed by atoms with Gasteiger partial charge in [0.25, 0.3) is 5.91 Å². The van der Waals surface area contributed by atoms with Gasteiger partial charge in [-0.3, -0.25) is 9.78 Å². The number of hydrogen-bond acceptors (Lipinski definition) is 4. The monoisotopic (exact) mass is 418 g/mol. The number of aromatic nitrogens is 3. The lowest BCUT2D eigenvalue weighted by Gasteiger charge is -2.08. The Morgan fingerprint density at radius 1 is 1.10 bits per heavy atom. The predicted octanol–water partition coefficient (Wildman–Crippen LogP) is 5.16. The lowest BCUT2D eigenvalue weighted by Crippen LogP contribution is -2.14. The number of nitrogens with one attached hydrogen (secondary N) is 1. The van der Waals surface area contributed by atoms with E-state index < -0.39 is 0 Å². The number of pyridine rings is 1. The van der Waals surface area contributed by atoms with Gasteiger partial charge in [0.1, 0.15) is 5.75 Å². The van der Waals surface area contributed by atoms with Gasteiger partial charge in [-0.1, -0.05) is 11.6 Å². The summed E-state index contributed by atoms with van der Waals surface area (Å²) in [6, 6.07) is 18.3. The number of benzene rings is 2. The van der Waals surface area contributed by atoms with Crippen molar-refractivity contribution in [3.63, 3.8) is 0 Å². The molecule has 150 valence electrons. The molecule has 1 amide bonds. The van der Waals surface area contributed by atoms with E-state index in [1.807, 2.05) is 43.3 Å². The summed E-state index contributed by atoms with van der Waals surface area (Å²) in [5.74, 6) is 0.433. The number of carbonyl (C=O) groups excluding carboxylic acids is 1. The Bertz CT molecular complexity index is 1190. The first kappa shape index (κ1) is 19.7. The fourth-order valence-corrected chi connectivity index (χ4v) is 3.31. The van der Waals surface area contributed by atoms with Crippen molar-refractivity contribution < 1.29 is 9.53 Å². The molecule has 0 aliphatic rings. The van der Waals surface area contributed by atoms with Crippen LogP contribution in [0, 0.1) is 6.92 Å². The number of amides is 1. The van der Waals surface area contributed by atoms with Crippen LogP contribution in [0.1, 0.15) is 16.1 Å². The first-order chi connectivity index (χ1) is 14.5. The number of aryl methyl sites for hydroxylation is 1. The number of methoxy groups -OCH3 is 1. The van der Waals surface area contributed by atoms with Crippen LogP contribution in [0.2, 0.25) is 5.02 Å². The largest absolute Gasteiger partial charge is 0.497 e. The molecule has 0 unspecified atom stereocenters. The Kier molecular flexibility index (Phi) is 5.50. The number of carbonyl (C=O) groups is 1. The van der Waals surface area contributed by atoms with Gasteiger partial charge in [-0.15, -0.1) is 0 Å². The van der Waals surface area contributed by atoms with Crippen LogP contribution < -0.4 is 10.1 Å². The summed E-state index contributed by atoms with van der Waals surface area (Å²) in [7, 11) is 1.62. The molecule has 0 aliphatic heterocycles. The van der Waals surface area contributed by atoms with E-state index in [0.29, 0.717) is 16.4 Å². The zero-order chi connectivity index (χ0) is 21.1. The van der Waals surface area contributed by atoms with Crippen LogP contribution in [0.25, 0.3) is 16.9 Å². The van der Waals surface area contributed by atoms with Crippen molar-refractivity contribution in [1.82, 2.24) is 14.8 Å². The average molecular weight is 419 g/mol. The highest BCUT2D eigenvalue weighted by Gasteiger charge is 2.18. The number of halogens is 1. The molecule has 4 aromatic rings. The third kappa shape index (κ3) is 4.04. The molecule has 4 rings (SSSR count). The second-order valence-corrected chi connectivity index (χ2v) is 7.12. The molecule has 2 heterocycles. The topological polar surface area (TPSA) is 69.0 Å². The van der Waals surface area contributed by atoms with Crippen molar-refractivity contribution in [3.05, 3.63) is 89.3 Å². The highest BCUT2D eigenvalue weighted by atomic mass is 35.5. The van der Waals surface area contributed by atoms with E-state index in [0.717, 1.165) is 28.3 Å².